The lowest BCUT2D eigenvalue weighted by Gasteiger charge is -2.10. The van der Waals surface area contributed by atoms with Crippen molar-refractivity contribution in [3.63, 3.8) is 0 Å². The third-order valence-corrected chi connectivity index (χ3v) is 2.64. The Balaban J connectivity index is 2.37. The summed E-state index contributed by atoms with van der Waals surface area (Å²) in [4.78, 5) is 8.63. The molecule has 0 aliphatic rings. The first-order valence-electron chi connectivity index (χ1n) is 7.45. The van der Waals surface area contributed by atoms with Crippen molar-refractivity contribution < 1.29 is 9.47 Å². The molecule has 1 heterocycles. The number of hydrogen-bond donors (Lipinski definition) is 1. The Labute approximate surface area is 122 Å². The van der Waals surface area contributed by atoms with Crippen molar-refractivity contribution in [3.05, 3.63) is 11.9 Å². The second-order valence-electron chi connectivity index (χ2n) is 5.04. The molecule has 0 saturated carbocycles. The molecular weight excluding hydrogens is 254 g/mol. The number of ether oxygens (including phenoxy) is 2. The second kappa shape index (κ2) is 9.53. The highest BCUT2D eigenvalue weighted by Gasteiger charge is 2.02. The quantitative estimate of drug-likeness (QED) is 0.667. The fourth-order valence-electron chi connectivity index (χ4n) is 1.63. The lowest BCUT2D eigenvalue weighted by molar-refractivity contribution is 0.0787. The third-order valence-electron chi connectivity index (χ3n) is 2.64. The minimum absolute atomic E-state index is 0.287. The van der Waals surface area contributed by atoms with Crippen LogP contribution in [0.25, 0.3) is 0 Å². The zero-order valence-electron chi connectivity index (χ0n) is 13.1. The molecule has 0 amide bonds. The predicted molar refractivity (Wildman–Crippen MR) is 81.4 cm³/mol. The van der Waals surface area contributed by atoms with Gasteiger partial charge in [-0.2, -0.15) is 4.98 Å². The Kier molecular flexibility index (Phi) is 7.95. The second-order valence-corrected chi connectivity index (χ2v) is 5.04. The zero-order chi connectivity index (χ0) is 14.8. The molecule has 5 nitrogen and oxygen atoms in total. The van der Waals surface area contributed by atoms with Crippen molar-refractivity contribution in [2.45, 2.75) is 53.1 Å². The van der Waals surface area contributed by atoms with Crippen LogP contribution in [0.3, 0.4) is 0 Å². The topological polar surface area (TPSA) is 56.3 Å². The van der Waals surface area contributed by atoms with E-state index < -0.39 is 0 Å². The largest absolute Gasteiger partial charge is 0.478 e. The zero-order valence-corrected chi connectivity index (χ0v) is 13.1. The van der Waals surface area contributed by atoms with Gasteiger partial charge in [-0.15, -0.1) is 0 Å². The van der Waals surface area contributed by atoms with Gasteiger partial charge in [0.15, 0.2) is 0 Å². The van der Waals surface area contributed by atoms with Gasteiger partial charge < -0.3 is 14.8 Å². The molecule has 114 valence electrons. The Morgan fingerprint density at radius 3 is 2.70 bits per heavy atom. The maximum atomic E-state index is 5.61. The van der Waals surface area contributed by atoms with Crippen LogP contribution in [0.1, 0.15) is 45.9 Å². The molecular formula is C15H27N3O2. The molecule has 0 atom stereocenters. The van der Waals surface area contributed by atoms with Crippen LogP contribution >= 0.6 is 0 Å². The predicted octanol–water partition coefficient (Wildman–Crippen LogP) is 3.19. The van der Waals surface area contributed by atoms with Gasteiger partial charge in [0.2, 0.25) is 5.88 Å². The first kappa shape index (κ1) is 16.7. The van der Waals surface area contributed by atoms with Gasteiger partial charge in [0.05, 0.1) is 12.7 Å². The maximum absolute atomic E-state index is 5.61. The van der Waals surface area contributed by atoms with Crippen molar-refractivity contribution >= 4 is 5.82 Å². The molecule has 1 aromatic heterocycles. The highest BCUT2D eigenvalue weighted by Crippen LogP contribution is 2.13. The summed E-state index contributed by atoms with van der Waals surface area (Å²) >= 11 is 0. The van der Waals surface area contributed by atoms with Crippen molar-refractivity contribution in [2.75, 3.05) is 25.1 Å². The van der Waals surface area contributed by atoms with E-state index in [-0.39, 0.29) is 6.10 Å². The molecule has 0 aliphatic heterocycles. The number of unbranched alkanes of at least 4 members (excludes halogenated alkanes) is 1. The smallest absolute Gasteiger partial charge is 0.218 e. The molecule has 0 fully saturated rings. The monoisotopic (exact) mass is 281 g/mol. The summed E-state index contributed by atoms with van der Waals surface area (Å²) in [5.41, 5.74) is 0. The van der Waals surface area contributed by atoms with E-state index >= 15 is 0 Å². The van der Waals surface area contributed by atoms with Crippen molar-refractivity contribution in [1.82, 2.24) is 9.97 Å². The number of nitrogens with zero attached hydrogens (tertiary/aromatic N) is 2. The Morgan fingerprint density at radius 2 is 2.00 bits per heavy atom. The van der Waals surface area contributed by atoms with Crippen LogP contribution in [0.2, 0.25) is 0 Å². The van der Waals surface area contributed by atoms with Gasteiger partial charge >= 0.3 is 0 Å². The molecule has 5 heteroatoms. The summed E-state index contributed by atoms with van der Waals surface area (Å²) in [5.74, 6) is 2.18. The van der Waals surface area contributed by atoms with Gasteiger partial charge in [-0.25, -0.2) is 4.98 Å². The average Bonchev–Trinajstić information content (AvgIpc) is 2.38. The van der Waals surface area contributed by atoms with Crippen molar-refractivity contribution in [3.8, 4) is 5.88 Å². The normalized spacial score (nSPS) is 10.8. The Hall–Kier alpha value is -1.36. The SMILES string of the molecule is CCCCOc1cc(NCCCOC(C)C)nc(C)n1. The molecule has 0 unspecified atom stereocenters. The molecule has 0 aromatic carbocycles. The maximum Gasteiger partial charge on any atom is 0.218 e. The molecule has 0 aliphatic carbocycles. The molecule has 1 aromatic rings. The molecule has 0 radical (unpaired) electrons. The van der Waals surface area contributed by atoms with Crippen LogP contribution in [-0.4, -0.2) is 35.8 Å². The molecule has 0 spiro atoms. The summed E-state index contributed by atoms with van der Waals surface area (Å²) in [6, 6.07) is 1.85. The van der Waals surface area contributed by atoms with Gasteiger partial charge in [-0.1, -0.05) is 13.3 Å². The Morgan fingerprint density at radius 1 is 1.20 bits per heavy atom. The number of aromatic nitrogens is 2. The standard InChI is InChI=1S/C15H27N3O2/c1-5-6-9-20-15-11-14(17-13(4)18-15)16-8-7-10-19-12(2)3/h11-12H,5-10H2,1-4H3,(H,16,17,18). The van der Waals surface area contributed by atoms with Gasteiger partial charge in [0.25, 0.3) is 0 Å². The van der Waals surface area contributed by atoms with E-state index in [1.807, 2.05) is 26.8 Å². The van der Waals surface area contributed by atoms with E-state index in [1.165, 1.54) is 0 Å². The van der Waals surface area contributed by atoms with Crippen LogP contribution in [0.5, 0.6) is 5.88 Å². The van der Waals surface area contributed by atoms with E-state index in [0.29, 0.717) is 12.5 Å². The first-order chi connectivity index (χ1) is 9.61. The molecule has 0 bridgehead atoms. The highest BCUT2D eigenvalue weighted by molar-refractivity contribution is 5.38. The Bertz CT molecular complexity index is 383. The summed E-state index contributed by atoms with van der Waals surface area (Å²) < 4.78 is 11.1. The number of anilines is 1. The number of aryl methyl sites for hydroxylation is 1. The van der Waals surface area contributed by atoms with Crippen LogP contribution in [0.15, 0.2) is 6.07 Å². The van der Waals surface area contributed by atoms with Gasteiger partial charge in [0.1, 0.15) is 11.6 Å². The van der Waals surface area contributed by atoms with Crippen LogP contribution in [0.4, 0.5) is 5.82 Å². The minimum Gasteiger partial charge on any atom is -0.478 e. The molecule has 1 rings (SSSR count). The number of nitrogens with one attached hydrogen (secondary N) is 1. The van der Waals surface area contributed by atoms with Crippen LogP contribution < -0.4 is 10.1 Å². The van der Waals surface area contributed by atoms with Crippen molar-refractivity contribution in [2.24, 2.45) is 0 Å². The lowest BCUT2D eigenvalue weighted by Crippen LogP contribution is -2.11. The van der Waals surface area contributed by atoms with Gasteiger partial charge in [-0.05, 0) is 33.6 Å². The van der Waals surface area contributed by atoms with Crippen molar-refractivity contribution in [1.29, 1.82) is 0 Å². The van der Waals surface area contributed by atoms with Gasteiger partial charge in [-0.3, -0.25) is 0 Å². The number of hydrogen-bond acceptors (Lipinski definition) is 5. The van der Waals surface area contributed by atoms with E-state index in [1.54, 1.807) is 0 Å². The lowest BCUT2D eigenvalue weighted by atomic mass is 10.4. The summed E-state index contributed by atoms with van der Waals surface area (Å²) in [6.07, 6.45) is 3.39. The average molecular weight is 281 g/mol. The van der Waals surface area contributed by atoms with E-state index in [4.69, 9.17) is 9.47 Å². The highest BCUT2D eigenvalue weighted by atomic mass is 16.5. The fourth-order valence-corrected chi connectivity index (χ4v) is 1.63. The van der Waals surface area contributed by atoms with E-state index in [9.17, 15) is 0 Å². The van der Waals surface area contributed by atoms with Gasteiger partial charge in [0, 0.05) is 19.2 Å². The molecule has 1 N–H and O–H groups in total. The summed E-state index contributed by atoms with van der Waals surface area (Å²) in [7, 11) is 0. The molecule has 0 saturated heterocycles. The van der Waals surface area contributed by atoms with E-state index in [0.717, 1.165) is 44.1 Å². The number of rotatable bonds is 10. The molecule has 20 heavy (non-hydrogen) atoms. The van der Waals surface area contributed by atoms with Crippen LogP contribution in [0, 0.1) is 6.92 Å². The fraction of sp³-hybridized carbons (Fsp3) is 0.733. The third kappa shape index (κ3) is 7.28. The minimum atomic E-state index is 0.287. The summed E-state index contributed by atoms with van der Waals surface area (Å²) in [6.45, 7) is 10.4. The van der Waals surface area contributed by atoms with Crippen LogP contribution in [-0.2, 0) is 4.74 Å². The van der Waals surface area contributed by atoms with E-state index in [2.05, 4.69) is 22.2 Å². The first-order valence-corrected chi connectivity index (χ1v) is 7.45. The summed E-state index contributed by atoms with van der Waals surface area (Å²) in [5, 5.41) is 3.28.